The lowest BCUT2D eigenvalue weighted by Crippen LogP contribution is -2.20. The minimum Gasteiger partial charge on any atom is -0.0995 e. The van der Waals surface area contributed by atoms with Crippen LogP contribution in [-0.4, -0.2) is 0 Å². The first kappa shape index (κ1) is 12.5. The maximum absolute atomic E-state index is 4.37. The van der Waals surface area contributed by atoms with Crippen LogP contribution in [0, 0.1) is 18.8 Å². The van der Waals surface area contributed by atoms with E-state index in [4.69, 9.17) is 0 Å². The number of hydrogen-bond donors (Lipinski definition) is 0. The van der Waals surface area contributed by atoms with Crippen LogP contribution in [0.4, 0.5) is 0 Å². The number of fused-ring (bicyclic) bond motifs is 1. The van der Waals surface area contributed by atoms with E-state index >= 15 is 0 Å². The fourth-order valence-electron chi connectivity index (χ4n) is 3.74. The highest BCUT2D eigenvalue weighted by Gasteiger charge is 2.34. The molecule has 2 aliphatic rings. The second-order valence-corrected chi connectivity index (χ2v) is 6.23. The molecule has 98 valence electrons. The zero-order valence-corrected chi connectivity index (χ0v) is 11.8. The molecule has 0 aromatic heterocycles. The van der Waals surface area contributed by atoms with Crippen LogP contribution in [0.25, 0.3) is 5.57 Å². The number of aryl methyl sites for hydroxylation is 1. The molecule has 0 bridgehead atoms. The minimum atomic E-state index is 0.567. The van der Waals surface area contributed by atoms with Gasteiger partial charge in [-0.2, -0.15) is 0 Å². The van der Waals surface area contributed by atoms with E-state index in [0.29, 0.717) is 11.8 Å². The Labute approximate surface area is 116 Å². The Morgan fingerprint density at radius 1 is 1.11 bits per heavy atom. The van der Waals surface area contributed by atoms with Gasteiger partial charge in [-0.25, -0.2) is 0 Å². The van der Waals surface area contributed by atoms with Crippen LogP contribution < -0.4 is 0 Å². The number of benzene rings is 1. The summed E-state index contributed by atoms with van der Waals surface area (Å²) in [7, 11) is 0. The largest absolute Gasteiger partial charge is 0.0995 e. The first-order chi connectivity index (χ1) is 9.06. The third-order valence-electron chi connectivity index (χ3n) is 4.79. The Balaban J connectivity index is 1.87. The average molecular weight is 250 g/mol. The zero-order valence-electron chi connectivity index (χ0n) is 11.8. The summed E-state index contributed by atoms with van der Waals surface area (Å²) in [6, 6.07) is 6.77. The van der Waals surface area contributed by atoms with Crippen molar-refractivity contribution in [2.75, 3.05) is 0 Å². The van der Waals surface area contributed by atoms with Crippen molar-refractivity contribution in [1.82, 2.24) is 0 Å². The molecule has 0 spiro atoms. The van der Waals surface area contributed by atoms with Crippen LogP contribution in [0.5, 0.6) is 0 Å². The van der Waals surface area contributed by atoms with Gasteiger partial charge in [0.2, 0.25) is 0 Å². The molecule has 1 aromatic carbocycles. The number of allylic oxidation sites excluding steroid dienone is 3. The Hall–Kier alpha value is -1.56. The van der Waals surface area contributed by atoms with Gasteiger partial charge in [0, 0.05) is 0 Å². The van der Waals surface area contributed by atoms with E-state index in [2.05, 4.69) is 44.9 Å². The molecule has 1 fully saturated rings. The first-order valence-electron chi connectivity index (χ1n) is 7.19. The maximum atomic E-state index is 4.37. The van der Waals surface area contributed by atoms with E-state index in [1.165, 1.54) is 39.8 Å². The van der Waals surface area contributed by atoms with Gasteiger partial charge in [0.05, 0.1) is 0 Å². The lowest BCUT2D eigenvalue weighted by Gasteiger charge is -2.31. The summed E-state index contributed by atoms with van der Waals surface area (Å²) in [5.74, 6) is 1.17. The fraction of sp³-hybridized carbons (Fsp3) is 0.368. The van der Waals surface area contributed by atoms with Crippen LogP contribution in [-0.2, 0) is 6.42 Å². The molecule has 0 radical (unpaired) electrons. The summed E-state index contributed by atoms with van der Waals surface area (Å²) in [4.78, 5) is 0. The molecule has 0 amide bonds. The zero-order chi connectivity index (χ0) is 13.6. The predicted molar refractivity (Wildman–Crippen MR) is 83.0 cm³/mol. The van der Waals surface area contributed by atoms with Gasteiger partial charge in [-0.15, -0.1) is 0 Å². The van der Waals surface area contributed by atoms with E-state index < -0.39 is 0 Å². The predicted octanol–water partition coefficient (Wildman–Crippen LogP) is 5.09. The summed E-state index contributed by atoms with van der Waals surface area (Å²) in [6.07, 6.45) is 4.52. The van der Waals surface area contributed by atoms with E-state index in [1.807, 2.05) is 0 Å². The second-order valence-electron chi connectivity index (χ2n) is 6.23. The first-order valence-corrected chi connectivity index (χ1v) is 7.19. The van der Waals surface area contributed by atoms with Crippen LogP contribution in [0.1, 0.15) is 36.0 Å². The highest BCUT2D eigenvalue weighted by atomic mass is 14.4. The molecular formula is C19H22. The van der Waals surface area contributed by atoms with Crippen molar-refractivity contribution in [1.29, 1.82) is 0 Å². The van der Waals surface area contributed by atoms with Crippen molar-refractivity contribution in [2.24, 2.45) is 11.8 Å². The second kappa shape index (κ2) is 4.52. The Bertz CT molecular complexity index is 574. The van der Waals surface area contributed by atoms with Crippen molar-refractivity contribution in [3.05, 3.63) is 65.8 Å². The number of rotatable bonds is 1. The van der Waals surface area contributed by atoms with E-state index in [9.17, 15) is 0 Å². The van der Waals surface area contributed by atoms with Gasteiger partial charge in [-0.3, -0.25) is 0 Å². The minimum absolute atomic E-state index is 0.567. The standard InChI is InChI=1S/C19H22/c1-12-5-7-17(14(3)9-12)19-11-16-10-13(2)6-8-18(16)15(19)4/h6,8,10,17,19H,1,3-5,7,9,11H2,2H3/t17-,19?/m1/s1. The highest BCUT2D eigenvalue weighted by Crippen LogP contribution is 2.47. The van der Waals surface area contributed by atoms with Gasteiger partial charge >= 0.3 is 0 Å². The molecule has 0 heterocycles. The van der Waals surface area contributed by atoms with E-state index in [0.717, 1.165) is 19.3 Å². The summed E-state index contributed by atoms with van der Waals surface area (Å²) in [6.45, 7) is 15.0. The Kier molecular flexibility index (Phi) is 2.97. The van der Waals surface area contributed by atoms with Crippen molar-refractivity contribution in [3.8, 4) is 0 Å². The highest BCUT2D eigenvalue weighted by molar-refractivity contribution is 5.73. The van der Waals surface area contributed by atoms with Crippen molar-refractivity contribution >= 4 is 5.57 Å². The molecule has 1 unspecified atom stereocenters. The quantitative estimate of drug-likeness (QED) is 0.609. The smallest absolute Gasteiger partial charge is 0.00554 e. The molecule has 0 saturated heterocycles. The van der Waals surface area contributed by atoms with Crippen LogP contribution >= 0.6 is 0 Å². The molecule has 2 atom stereocenters. The van der Waals surface area contributed by atoms with Crippen molar-refractivity contribution in [3.63, 3.8) is 0 Å². The van der Waals surface area contributed by atoms with Crippen molar-refractivity contribution in [2.45, 2.75) is 32.6 Å². The molecule has 3 rings (SSSR count). The third-order valence-corrected chi connectivity index (χ3v) is 4.79. The molecule has 0 nitrogen and oxygen atoms in total. The van der Waals surface area contributed by atoms with Gasteiger partial charge in [0.1, 0.15) is 0 Å². The summed E-state index contributed by atoms with van der Waals surface area (Å²) >= 11 is 0. The topological polar surface area (TPSA) is 0 Å². The summed E-state index contributed by atoms with van der Waals surface area (Å²) in [5.41, 5.74) is 8.25. The SMILES string of the molecule is C=C1CC[C@@H](C2Cc3cc(C)ccc3C2=C)C(=C)C1. The normalized spacial score (nSPS) is 26.7. The molecule has 0 heteroatoms. The van der Waals surface area contributed by atoms with E-state index in [-0.39, 0.29) is 0 Å². The fourth-order valence-corrected chi connectivity index (χ4v) is 3.74. The molecule has 0 aliphatic heterocycles. The van der Waals surface area contributed by atoms with Gasteiger partial charge in [0.15, 0.2) is 0 Å². The Morgan fingerprint density at radius 3 is 2.63 bits per heavy atom. The van der Waals surface area contributed by atoms with E-state index in [1.54, 1.807) is 0 Å². The summed E-state index contributed by atoms with van der Waals surface area (Å²) < 4.78 is 0. The van der Waals surface area contributed by atoms with Gasteiger partial charge < -0.3 is 0 Å². The molecule has 19 heavy (non-hydrogen) atoms. The van der Waals surface area contributed by atoms with Gasteiger partial charge in [0.25, 0.3) is 0 Å². The Morgan fingerprint density at radius 2 is 1.89 bits per heavy atom. The summed E-state index contributed by atoms with van der Waals surface area (Å²) in [5, 5.41) is 0. The molecule has 1 saturated carbocycles. The van der Waals surface area contributed by atoms with Gasteiger partial charge in [-0.1, -0.05) is 54.6 Å². The van der Waals surface area contributed by atoms with Crippen LogP contribution in [0.15, 0.2) is 49.1 Å². The van der Waals surface area contributed by atoms with Gasteiger partial charge in [-0.05, 0) is 61.1 Å². The maximum Gasteiger partial charge on any atom is -0.00554 e. The van der Waals surface area contributed by atoms with Crippen LogP contribution in [0.3, 0.4) is 0 Å². The third kappa shape index (κ3) is 2.10. The molecule has 2 aliphatic carbocycles. The monoisotopic (exact) mass is 250 g/mol. The van der Waals surface area contributed by atoms with Crippen molar-refractivity contribution < 1.29 is 0 Å². The molecule has 0 N–H and O–H groups in total. The molecular weight excluding hydrogens is 228 g/mol. The number of hydrogen-bond acceptors (Lipinski definition) is 0. The average Bonchev–Trinajstić information content (AvgIpc) is 2.66. The molecule has 1 aromatic rings. The lowest BCUT2D eigenvalue weighted by molar-refractivity contribution is 0.414. The lowest BCUT2D eigenvalue weighted by atomic mass is 9.73. The van der Waals surface area contributed by atoms with Crippen LogP contribution in [0.2, 0.25) is 0 Å².